The summed E-state index contributed by atoms with van der Waals surface area (Å²) in [5.41, 5.74) is 9.64. The van der Waals surface area contributed by atoms with Crippen molar-refractivity contribution in [3.05, 3.63) is 74.7 Å². The molecule has 0 unspecified atom stereocenters. The van der Waals surface area contributed by atoms with E-state index in [1.807, 2.05) is 26.0 Å². The van der Waals surface area contributed by atoms with Crippen LogP contribution in [0.2, 0.25) is 5.02 Å². The van der Waals surface area contributed by atoms with Gasteiger partial charge in [-0.1, -0.05) is 47.5 Å². The van der Waals surface area contributed by atoms with Crippen LogP contribution in [-0.4, -0.2) is 16.8 Å². The average molecular weight is 414 g/mol. The largest absolute Gasteiger partial charge is 0.281 e. The molecular formula is C21H20ClN3O2S. The van der Waals surface area contributed by atoms with Gasteiger partial charge in [-0.2, -0.15) is 0 Å². The molecule has 2 aromatic carbocycles. The highest BCUT2D eigenvalue weighted by Crippen LogP contribution is 2.30. The Labute approximate surface area is 172 Å². The van der Waals surface area contributed by atoms with E-state index < -0.39 is 0 Å². The van der Waals surface area contributed by atoms with E-state index in [0.717, 1.165) is 21.7 Å². The maximum absolute atomic E-state index is 12.5. The van der Waals surface area contributed by atoms with Crippen molar-refractivity contribution in [1.82, 2.24) is 15.8 Å². The number of halogens is 1. The van der Waals surface area contributed by atoms with Gasteiger partial charge in [0.05, 0.1) is 12.1 Å². The summed E-state index contributed by atoms with van der Waals surface area (Å²) in [4.78, 5) is 29.5. The van der Waals surface area contributed by atoms with Crippen LogP contribution in [0, 0.1) is 20.8 Å². The van der Waals surface area contributed by atoms with Crippen LogP contribution in [0.3, 0.4) is 0 Å². The van der Waals surface area contributed by atoms with Gasteiger partial charge in [-0.3, -0.25) is 20.4 Å². The molecule has 1 heterocycles. The molecule has 0 aliphatic rings. The Morgan fingerprint density at radius 3 is 2.43 bits per heavy atom. The van der Waals surface area contributed by atoms with Crippen LogP contribution in [0.4, 0.5) is 0 Å². The van der Waals surface area contributed by atoms with Crippen molar-refractivity contribution >= 4 is 34.8 Å². The standard InChI is InChI=1S/C21H20ClN3O2S/c1-12-4-9-17(13(2)10-12)21-23-14(3)19(28-21)20(27)25-24-18(26)11-15-5-7-16(22)8-6-15/h4-10H,11H2,1-3H3,(H,24,26)(H,25,27). The third-order valence-corrected chi connectivity index (χ3v) is 5.65. The van der Waals surface area contributed by atoms with E-state index in [4.69, 9.17) is 11.6 Å². The fourth-order valence-electron chi connectivity index (χ4n) is 2.79. The predicted molar refractivity (Wildman–Crippen MR) is 113 cm³/mol. The summed E-state index contributed by atoms with van der Waals surface area (Å²) in [7, 11) is 0. The minimum atomic E-state index is -0.379. The van der Waals surface area contributed by atoms with Gasteiger partial charge in [0.2, 0.25) is 5.91 Å². The van der Waals surface area contributed by atoms with Gasteiger partial charge in [0.15, 0.2) is 0 Å². The van der Waals surface area contributed by atoms with Crippen molar-refractivity contribution in [1.29, 1.82) is 0 Å². The highest BCUT2D eigenvalue weighted by Gasteiger charge is 2.17. The fourth-order valence-corrected chi connectivity index (χ4v) is 3.97. The number of benzene rings is 2. The molecule has 3 aromatic rings. The highest BCUT2D eigenvalue weighted by molar-refractivity contribution is 7.17. The van der Waals surface area contributed by atoms with E-state index in [1.54, 1.807) is 31.2 Å². The number of hydrogen-bond donors (Lipinski definition) is 2. The topological polar surface area (TPSA) is 71.1 Å². The van der Waals surface area contributed by atoms with Crippen LogP contribution in [0.15, 0.2) is 42.5 Å². The van der Waals surface area contributed by atoms with E-state index in [2.05, 4.69) is 21.9 Å². The number of aromatic nitrogens is 1. The Kier molecular flexibility index (Phi) is 6.11. The molecule has 1 aromatic heterocycles. The molecule has 2 amide bonds. The van der Waals surface area contributed by atoms with Crippen LogP contribution in [0.1, 0.15) is 32.1 Å². The quantitative estimate of drug-likeness (QED) is 0.623. The van der Waals surface area contributed by atoms with Gasteiger partial charge in [0, 0.05) is 10.6 Å². The van der Waals surface area contributed by atoms with Gasteiger partial charge in [-0.05, 0) is 44.0 Å². The number of carbonyl (C=O) groups excluding carboxylic acids is 2. The summed E-state index contributed by atoms with van der Waals surface area (Å²) >= 11 is 7.14. The molecule has 28 heavy (non-hydrogen) atoms. The van der Waals surface area contributed by atoms with Crippen LogP contribution >= 0.6 is 22.9 Å². The number of hydrogen-bond acceptors (Lipinski definition) is 4. The second-order valence-electron chi connectivity index (χ2n) is 6.56. The monoisotopic (exact) mass is 413 g/mol. The molecule has 0 aliphatic carbocycles. The van der Waals surface area contributed by atoms with Crippen LogP contribution in [-0.2, 0) is 11.2 Å². The van der Waals surface area contributed by atoms with E-state index in [9.17, 15) is 9.59 Å². The molecular weight excluding hydrogens is 394 g/mol. The van der Waals surface area contributed by atoms with E-state index in [0.29, 0.717) is 15.6 Å². The molecule has 3 rings (SSSR count). The number of nitrogens with zero attached hydrogens (tertiary/aromatic N) is 1. The van der Waals surface area contributed by atoms with Gasteiger partial charge in [0.1, 0.15) is 9.88 Å². The number of carbonyl (C=O) groups is 2. The third-order valence-electron chi connectivity index (χ3n) is 4.21. The van der Waals surface area contributed by atoms with Crippen LogP contribution < -0.4 is 10.9 Å². The minimum absolute atomic E-state index is 0.146. The first kappa shape index (κ1) is 20.0. The maximum atomic E-state index is 12.5. The van der Waals surface area contributed by atoms with Crippen molar-refractivity contribution < 1.29 is 9.59 Å². The Morgan fingerprint density at radius 1 is 1.04 bits per heavy atom. The number of hydrazine groups is 1. The summed E-state index contributed by atoms with van der Waals surface area (Å²) in [6, 6.07) is 13.1. The van der Waals surface area contributed by atoms with E-state index in [-0.39, 0.29) is 18.2 Å². The van der Waals surface area contributed by atoms with Crippen LogP contribution in [0.25, 0.3) is 10.6 Å². The summed E-state index contributed by atoms with van der Waals surface area (Å²) in [5, 5.41) is 1.39. The second kappa shape index (κ2) is 8.54. The van der Waals surface area contributed by atoms with Crippen molar-refractivity contribution in [2.24, 2.45) is 0 Å². The summed E-state index contributed by atoms with van der Waals surface area (Å²) in [6.45, 7) is 5.85. The van der Waals surface area contributed by atoms with Crippen molar-refractivity contribution in [3.63, 3.8) is 0 Å². The average Bonchev–Trinajstić information content (AvgIpc) is 3.03. The lowest BCUT2D eigenvalue weighted by atomic mass is 10.1. The molecule has 0 saturated heterocycles. The number of thiazole rings is 1. The molecule has 0 saturated carbocycles. The number of aryl methyl sites for hydroxylation is 3. The molecule has 0 bridgehead atoms. The fraction of sp³-hybridized carbons (Fsp3) is 0.190. The predicted octanol–water partition coefficient (Wildman–Crippen LogP) is 4.39. The summed E-state index contributed by atoms with van der Waals surface area (Å²) < 4.78 is 0. The van der Waals surface area contributed by atoms with Gasteiger partial charge >= 0.3 is 0 Å². The van der Waals surface area contributed by atoms with Crippen LogP contribution in [0.5, 0.6) is 0 Å². The van der Waals surface area contributed by atoms with Crippen molar-refractivity contribution in [3.8, 4) is 10.6 Å². The summed E-state index contributed by atoms with van der Waals surface area (Å²) in [6.07, 6.45) is 0.146. The lowest BCUT2D eigenvalue weighted by Gasteiger charge is -2.07. The third kappa shape index (κ3) is 4.77. The molecule has 144 valence electrons. The lowest BCUT2D eigenvalue weighted by Crippen LogP contribution is -2.42. The summed E-state index contributed by atoms with van der Waals surface area (Å²) in [5.74, 6) is -0.692. The van der Waals surface area contributed by atoms with E-state index in [1.165, 1.54) is 16.9 Å². The molecule has 0 radical (unpaired) electrons. The van der Waals surface area contributed by atoms with Crippen molar-refractivity contribution in [2.75, 3.05) is 0 Å². The number of amides is 2. The zero-order chi connectivity index (χ0) is 20.3. The number of nitrogens with one attached hydrogen (secondary N) is 2. The van der Waals surface area contributed by atoms with E-state index >= 15 is 0 Å². The zero-order valence-electron chi connectivity index (χ0n) is 15.8. The Balaban J connectivity index is 1.65. The molecule has 5 nitrogen and oxygen atoms in total. The normalized spacial score (nSPS) is 10.6. The molecule has 2 N–H and O–H groups in total. The van der Waals surface area contributed by atoms with Gasteiger partial charge < -0.3 is 0 Å². The maximum Gasteiger partial charge on any atom is 0.281 e. The van der Waals surface area contributed by atoms with Crippen molar-refractivity contribution in [2.45, 2.75) is 27.2 Å². The first-order valence-corrected chi connectivity index (χ1v) is 9.91. The molecule has 0 spiro atoms. The second-order valence-corrected chi connectivity index (χ2v) is 7.99. The molecule has 0 aliphatic heterocycles. The number of rotatable bonds is 4. The Morgan fingerprint density at radius 2 is 1.75 bits per heavy atom. The first-order valence-electron chi connectivity index (χ1n) is 8.72. The first-order chi connectivity index (χ1) is 13.3. The molecule has 0 atom stereocenters. The highest BCUT2D eigenvalue weighted by atomic mass is 35.5. The zero-order valence-corrected chi connectivity index (χ0v) is 17.4. The SMILES string of the molecule is Cc1ccc(-c2nc(C)c(C(=O)NNC(=O)Cc3ccc(Cl)cc3)s2)c(C)c1. The Hall–Kier alpha value is -2.70. The van der Waals surface area contributed by atoms with Gasteiger partial charge in [-0.15, -0.1) is 11.3 Å². The minimum Gasteiger partial charge on any atom is -0.273 e. The molecule has 0 fully saturated rings. The molecule has 7 heteroatoms. The lowest BCUT2D eigenvalue weighted by molar-refractivity contribution is -0.121. The van der Waals surface area contributed by atoms with Gasteiger partial charge in [0.25, 0.3) is 5.91 Å². The smallest absolute Gasteiger partial charge is 0.273 e. The Bertz CT molecular complexity index is 1030. The van der Waals surface area contributed by atoms with Gasteiger partial charge in [-0.25, -0.2) is 4.98 Å².